The molecule has 2 amide bonds. The first-order valence-corrected chi connectivity index (χ1v) is 9.69. The molecule has 0 unspecified atom stereocenters. The number of aromatic nitrogens is 6. The van der Waals surface area contributed by atoms with Gasteiger partial charge in [-0.05, 0) is 12.1 Å². The molecule has 13 nitrogen and oxygen atoms in total. The van der Waals surface area contributed by atoms with Crippen molar-refractivity contribution < 1.29 is 9.59 Å². The van der Waals surface area contributed by atoms with E-state index in [1.165, 1.54) is 38.8 Å². The van der Waals surface area contributed by atoms with Crippen LogP contribution < -0.4 is 21.9 Å². The van der Waals surface area contributed by atoms with Crippen LogP contribution in [0.4, 0.5) is 17.3 Å². The summed E-state index contributed by atoms with van der Waals surface area (Å²) in [5.41, 5.74) is 5.73. The highest BCUT2D eigenvalue weighted by Gasteiger charge is 2.16. The number of fused-ring (bicyclic) bond motifs is 1. The number of carbonyl (C=O) groups excluding carboxylic acids is 2. The highest BCUT2D eigenvalue weighted by atomic mass is 16.2. The van der Waals surface area contributed by atoms with Gasteiger partial charge in [0.2, 0.25) is 0 Å². The van der Waals surface area contributed by atoms with E-state index in [2.05, 4.69) is 30.7 Å². The van der Waals surface area contributed by atoms with Crippen molar-refractivity contribution in [1.82, 2.24) is 34.0 Å². The van der Waals surface area contributed by atoms with Gasteiger partial charge >= 0.3 is 0 Å². The predicted molar refractivity (Wildman–Crippen MR) is 120 cm³/mol. The van der Waals surface area contributed by atoms with E-state index >= 15 is 0 Å². The van der Waals surface area contributed by atoms with Crippen LogP contribution in [0.3, 0.4) is 0 Å². The summed E-state index contributed by atoms with van der Waals surface area (Å²) in [5, 5.41) is 10.0. The molecule has 0 bridgehead atoms. The molecule has 0 atom stereocenters. The largest absolute Gasteiger partial charge is 0.373 e. The molecule has 33 heavy (non-hydrogen) atoms. The molecular weight excluding hydrogens is 428 g/mol. The summed E-state index contributed by atoms with van der Waals surface area (Å²) >= 11 is 0. The molecule has 0 aliphatic rings. The highest BCUT2D eigenvalue weighted by Crippen LogP contribution is 2.20. The first-order valence-electron chi connectivity index (χ1n) is 9.69. The van der Waals surface area contributed by atoms with Gasteiger partial charge in [-0.25, -0.2) is 15.0 Å². The van der Waals surface area contributed by atoms with Crippen molar-refractivity contribution >= 4 is 34.8 Å². The predicted octanol–water partition coefficient (Wildman–Crippen LogP) is 0.256. The van der Waals surface area contributed by atoms with Crippen molar-refractivity contribution in [3.8, 4) is 5.82 Å². The van der Waals surface area contributed by atoms with Crippen molar-refractivity contribution in [2.45, 2.75) is 0 Å². The van der Waals surface area contributed by atoms with Gasteiger partial charge in [0, 0.05) is 33.4 Å². The zero-order valence-corrected chi connectivity index (χ0v) is 18.0. The van der Waals surface area contributed by atoms with Crippen molar-refractivity contribution in [3.05, 3.63) is 64.6 Å². The molecule has 0 aliphatic carbocycles. The average Bonchev–Trinajstić information content (AvgIpc) is 3.24. The molecule has 0 spiro atoms. The second kappa shape index (κ2) is 8.37. The maximum absolute atomic E-state index is 13.1. The number of carbonyl (C=O) groups is 2. The second-order valence-corrected chi connectivity index (χ2v) is 7.12. The van der Waals surface area contributed by atoms with Crippen LogP contribution in [0.1, 0.15) is 20.8 Å². The minimum atomic E-state index is -0.673. The van der Waals surface area contributed by atoms with E-state index in [9.17, 15) is 14.4 Å². The van der Waals surface area contributed by atoms with Crippen molar-refractivity contribution in [1.29, 1.82) is 0 Å². The Hall–Kier alpha value is -4.81. The summed E-state index contributed by atoms with van der Waals surface area (Å²) in [7, 11) is 4.90. The Morgan fingerprint density at radius 2 is 1.94 bits per heavy atom. The third-order valence-electron chi connectivity index (χ3n) is 4.71. The summed E-state index contributed by atoms with van der Waals surface area (Å²) in [4.78, 5) is 50.8. The Morgan fingerprint density at radius 3 is 2.58 bits per heavy atom. The van der Waals surface area contributed by atoms with Crippen LogP contribution in [0.15, 0.2) is 47.8 Å². The number of rotatable bonds is 6. The van der Waals surface area contributed by atoms with Crippen molar-refractivity contribution in [2.24, 2.45) is 5.73 Å². The number of nitrogens with one attached hydrogen (secondary N) is 2. The lowest BCUT2D eigenvalue weighted by Crippen LogP contribution is -2.24. The van der Waals surface area contributed by atoms with Crippen LogP contribution in [-0.4, -0.2) is 67.0 Å². The third-order valence-corrected chi connectivity index (χ3v) is 4.71. The normalized spacial score (nSPS) is 10.8. The van der Waals surface area contributed by atoms with E-state index in [4.69, 9.17) is 5.73 Å². The molecule has 0 aromatic carbocycles. The number of anilines is 3. The minimum Gasteiger partial charge on any atom is -0.373 e. The number of nitrogens with two attached hydrogens (primary N) is 1. The Kier molecular flexibility index (Phi) is 5.44. The summed E-state index contributed by atoms with van der Waals surface area (Å²) < 4.78 is 2.71. The Labute approximate surface area is 186 Å². The quantitative estimate of drug-likeness (QED) is 0.375. The van der Waals surface area contributed by atoms with E-state index in [1.807, 2.05) is 0 Å². The van der Waals surface area contributed by atoms with Gasteiger partial charge in [0.15, 0.2) is 11.5 Å². The number of hydrogen-bond acceptors (Lipinski definition) is 9. The molecule has 13 heteroatoms. The SMILES string of the molecule is CNc1cc(Nc2cccn(-c3cnc(C(=O)N(C)C)cn3)c2=O)nc2c(C(N)=O)cnn12. The first kappa shape index (κ1) is 21.4. The van der Waals surface area contributed by atoms with E-state index in [-0.39, 0.29) is 34.3 Å². The number of amides is 2. The fourth-order valence-corrected chi connectivity index (χ4v) is 3.07. The fourth-order valence-electron chi connectivity index (χ4n) is 3.07. The zero-order chi connectivity index (χ0) is 23.7. The van der Waals surface area contributed by atoms with Gasteiger partial charge in [-0.15, -0.1) is 0 Å². The van der Waals surface area contributed by atoms with Crippen molar-refractivity contribution in [2.75, 3.05) is 31.8 Å². The Bertz CT molecular complexity index is 1420. The lowest BCUT2D eigenvalue weighted by molar-refractivity contribution is 0.0821. The first-order chi connectivity index (χ1) is 15.8. The van der Waals surface area contributed by atoms with E-state index < -0.39 is 11.5 Å². The highest BCUT2D eigenvalue weighted by molar-refractivity contribution is 5.99. The van der Waals surface area contributed by atoms with E-state index in [0.717, 1.165) is 0 Å². The van der Waals surface area contributed by atoms with E-state index in [1.54, 1.807) is 39.3 Å². The Morgan fingerprint density at radius 1 is 1.15 bits per heavy atom. The molecule has 0 fully saturated rings. The molecule has 0 saturated carbocycles. The van der Waals surface area contributed by atoms with Gasteiger partial charge in [-0.2, -0.15) is 9.61 Å². The average molecular weight is 448 g/mol. The van der Waals surface area contributed by atoms with Gasteiger partial charge in [0.05, 0.1) is 18.6 Å². The Balaban J connectivity index is 1.71. The molecule has 4 aromatic heterocycles. The lowest BCUT2D eigenvalue weighted by atomic mass is 10.3. The monoisotopic (exact) mass is 448 g/mol. The number of pyridine rings is 1. The molecule has 168 valence electrons. The van der Waals surface area contributed by atoms with Crippen LogP contribution >= 0.6 is 0 Å². The van der Waals surface area contributed by atoms with Crippen LogP contribution in [0.25, 0.3) is 11.5 Å². The van der Waals surface area contributed by atoms with Gasteiger partial charge in [-0.3, -0.25) is 19.0 Å². The molecule has 4 heterocycles. The number of hydrogen-bond donors (Lipinski definition) is 3. The van der Waals surface area contributed by atoms with Crippen LogP contribution in [0.2, 0.25) is 0 Å². The molecule has 0 saturated heterocycles. The smallest absolute Gasteiger partial charge is 0.280 e. The summed E-state index contributed by atoms with van der Waals surface area (Å²) in [6.07, 6.45) is 5.51. The van der Waals surface area contributed by atoms with Gasteiger partial charge in [-0.1, -0.05) is 0 Å². The third kappa shape index (κ3) is 3.94. The van der Waals surface area contributed by atoms with Gasteiger partial charge in [0.1, 0.15) is 28.6 Å². The fraction of sp³-hybridized carbons (Fsp3) is 0.150. The summed E-state index contributed by atoms with van der Waals surface area (Å²) in [6.45, 7) is 0. The van der Waals surface area contributed by atoms with Crippen LogP contribution in [0.5, 0.6) is 0 Å². The number of primary amides is 1. The zero-order valence-electron chi connectivity index (χ0n) is 18.0. The molecule has 4 rings (SSSR count). The maximum atomic E-state index is 13.1. The molecule has 0 aliphatic heterocycles. The molecule has 0 radical (unpaired) electrons. The van der Waals surface area contributed by atoms with E-state index in [0.29, 0.717) is 11.6 Å². The van der Waals surface area contributed by atoms with Crippen LogP contribution in [0, 0.1) is 0 Å². The topological polar surface area (TPSA) is 165 Å². The molecule has 4 N–H and O–H groups in total. The molecular formula is C20H20N10O3. The second-order valence-electron chi connectivity index (χ2n) is 7.12. The van der Waals surface area contributed by atoms with Gasteiger partial charge < -0.3 is 21.3 Å². The maximum Gasteiger partial charge on any atom is 0.280 e. The van der Waals surface area contributed by atoms with Gasteiger partial charge in [0.25, 0.3) is 17.4 Å². The standard InChI is InChI=1S/C20H20N10O3/c1-22-15-7-14(27-18-11(17(21)31)8-25-30(15)18)26-12-5-4-6-29(20(12)33)16-10-23-13(9-24-16)19(32)28(2)3/h4-10,22H,1-3H3,(H2,21,31)(H,26,27). The van der Waals surface area contributed by atoms with Crippen LogP contribution in [-0.2, 0) is 0 Å². The summed E-state index contributed by atoms with van der Waals surface area (Å²) in [6, 6.07) is 4.85. The minimum absolute atomic E-state index is 0.142. The summed E-state index contributed by atoms with van der Waals surface area (Å²) in [5.74, 6) is 0.0911. The van der Waals surface area contributed by atoms with Crippen molar-refractivity contribution in [3.63, 3.8) is 0 Å². The molecule has 4 aromatic rings. The lowest BCUT2D eigenvalue weighted by Gasteiger charge is -2.12. The number of nitrogens with zero attached hydrogens (tertiary/aromatic N) is 7.